The van der Waals surface area contributed by atoms with E-state index >= 15 is 0 Å². The monoisotopic (exact) mass is 450 g/mol. The summed E-state index contributed by atoms with van der Waals surface area (Å²) in [6.45, 7) is 11.3. The summed E-state index contributed by atoms with van der Waals surface area (Å²) in [6.07, 6.45) is 18.4. The molecule has 0 aromatic rings. The molecule has 0 bridgehead atoms. The van der Waals surface area contributed by atoms with Crippen LogP contribution in [-0.2, 0) is 14.7 Å². The number of aliphatic hydroxyl groups is 1. The summed E-state index contributed by atoms with van der Waals surface area (Å²) in [5.74, 6) is 1.91. The van der Waals surface area contributed by atoms with E-state index in [9.17, 15) is 9.32 Å². The molecule has 178 valence electrons. The molecule has 1 N–H and O–H groups in total. The smallest absolute Gasteiger partial charge is 0.0988 e. The van der Waals surface area contributed by atoms with E-state index in [1.54, 1.807) is 0 Å². The van der Waals surface area contributed by atoms with Crippen LogP contribution in [0.2, 0.25) is 0 Å². The number of hydrogen-bond acceptors (Lipinski definition) is 3. The molecule has 4 atom stereocenters. The molecule has 0 aromatic carbocycles. The van der Waals surface area contributed by atoms with Gasteiger partial charge in [0, 0.05) is 11.7 Å². The molecule has 3 nitrogen and oxygen atoms in total. The number of hydrogen-bond donors (Lipinski definition) is 2. The lowest BCUT2D eigenvalue weighted by molar-refractivity contribution is -0.177. The average Bonchev–Trinajstić information content (AvgIpc) is 2.62. The van der Waals surface area contributed by atoms with E-state index in [1.807, 2.05) is 18.6 Å². The summed E-state index contributed by atoms with van der Waals surface area (Å²) < 4.78 is 19.1. The van der Waals surface area contributed by atoms with Crippen LogP contribution in [0.3, 0.4) is 0 Å². The van der Waals surface area contributed by atoms with Crippen LogP contribution < -0.4 is 0 Å². The zero-order valence-corrected chi connectivity index (χ0v) is 21.8. The summed E-state index contributed by atoms with van der Waals surface area (Å²) in [4.78, 5) is 0. The van der Waals surface area contributed by atoms with Crippen LogP contribution >= 0.6 is 0 Å². The predicted molar refractivity (Wildman–Crippen MR) is 134 cm³/mol. The van der Waals surface area contributed by atoms with E-state index in [4.69, 9.17) is 4.74 Å². The highest BCUT2D eigenvalue weighted by Crippen LogP contribution is 2.53. The second-order valence-corrected chi connectivity index (χ2v) is 15.4. The quantitative estimate of drug-likeness (QED) is 0.256. The van der Waals surface area contributed by atoms with Gasteiger partial charge in [0.2, 0.25) is 0 Å². The third-order valence-corrected chi connectivity index (χ3v) is 9.00. The van der Waals surface area contributed by atoms with E-state index in [1.165, 1.54) is 36.8 Å². The first kappa shape index (κ1) is 24.8. The number of thiol groups is 1. The third-order valence-electron chi connectivity index (χ3n) is 7.83. The molecule has 31 heavy (non-hydrogen) atoms. The fraction of sp³-hybridized carbons (Fsp3) is 0.778. The number of aliphatic hydroxyl groups excluding tert-OH is 1. The van der Waals surface area contributed by atoms with E-state index in [2.05, 4.69) is 46.8 Å². The van der Waals surface area contributed by atoms with E-state index in [0.29, 0.717) is 23.3 Å². The lowest BCUT2D eigenvalue weighted by Crippen LogP contribution is -2.54. The van der Waals surface area contributed by atoms with E-state index in [0.717, 1.165) is 19.3 Å². The molecule has 1 saturated heterocycles. The maximum Gasteiger partial charge on any atom is 0.0988 e. The van der Waals surface area contributed by atoms with Crippen molar-refractivity contribution in [1.82, 2.24) is 0 Å². The molecule has 3 rings (SSSR count). The molecule has 0 saturated carbocycles. The van der Waals surface area contributed by atoms with Gasteiger partial charge in [0.1, 0.15) is 0 Å². The Balaban J connectivity index is 1.83. The van der Waals surface area contributed by atoms with Crippen LogP contribution in [-0.4, -0.2) is 39.3 Å². The van der Waals surface area contributed by atoms with Crippen LogP contribution in [0.1, 0.15) is 79.6 Å². The predicted octanol–water partition coefficient (Wildman–Crippen LogP) is 6.39. The Morgan fingerprint density at radius 2 is 1.94 bits per heavy atom. The van der Waals surface area contributed by atoms with Gasteiger partial charge >= 0.3 is 0 Å². The van der Waals surface area contributed by atoms with Gasteiger partial charge < -0.3 is 9.84 Å². The van der Waals surface area contributed by atoms with Crippen molar-refractivity contribution in [3.05, 3.63) is 35.1 Å². The minimum atomic E-state index is -2.10. The van der Waals surface area contributed by atoms with Crippen molar-refractivity contribution in [2.45, 2.75) is 91.3 Å². The zero-order valence-electron chi connectivity index (χ0n) is 20.9. The van der Waals surface area contributed by atoms with Gasteiger partial charge in [-0.15, -0.1) is 9.93 Å². The Morgan fingerprint density at radius 3 is 2.58 bits per heavy atom. The topological polar surface area (TPSA) is 46.5 Å². The summed E-state index contributed by atoms with van der Waals surface area (Å²) in [5, 5.41) is 11.2. The summed E-state index contributed by atoms with van der Waals surface area (Å²) in [6, 6.07) is 0. The molecule has 1 heterocycles. The number of ether oxygens (including phenoxy) is 1. The van der Waals surface area contributed by atoms with E-state index in [-0.39, 0.29) is 23.0 Å². The fourth-order valence-corrected chi connectivity index (χ4v) is 7.35. The Morgan fingerprint density at radius 1 is 1.23 bits per heavy atom. The van der Waals surface area contributed by atoms with Crippen molar-refractivity contribution >= 4 is 9.93 Å². The normalized spacial score (nSPS) is 31.1. The molecule has 1 fully saturated rings. The lowest BCUT2D eigenvalue weighted by atomic mass is 9.61. The van der Waals surface area contributed by atoms with Crippen molar-refractivity contribution in [2.75, 3.05) is 18.3 Å². The maximum absolute atomic E-state index is 12.5. The molecular weight excluding hydrogens is 404 g/mol. The molecular formula is C27H46O3S. The minimum Gasteiger partial charge on any atom is -0.512 e. The highest BCUT2D eigenvalue weighted by Gasteiger charge is 2.52. The largest absolute Gasteiger partial charge is 0.512 e. The van der Waals surface area contributed by atoms with Gasteiger partial charge in [-0.2, -0.15) is 0 Å². The molecule has 0 aromatic heterocycles. The summed E-state index contributed by atoms with van der Waals surface area (Å²) in [7, 11) is -2.10. The first-order chi connectivity index (χ1) is 14.3. The van der Waals surface area contributed by atoms with Gasteiger partial charge in [-0.3, -0.25) is 4.21 Å². The Kier molecular flexibility index (Phi) is 7.33. The molecule has 0 radical (unpaired) electrons. The highest BCUT2D eigenvalue weighted by molar-refractivity contribution is 8.01. The number of unbranched alkanes of at least 4 members (excludes halogenated alkanes) is 3. The SMILES string of the molecule is CCCCCCC(C)(C)C1=CC2OC(C)(C)C3CC=C(C[SH](C)(C)=O)CC3[C@@H]2C(O)=C1. The van der Waals surface area contributed by atoms with Gasteiger partial charge in [0.15, 0.2) is 0 Å². The number of allylic oxidation sites excluding steroid dienone is 3. The van der Waals surface area contributed by atoms with Crippen molar-refractivity contribution < 1.29 is 14.1 Å². The van der Waals surface area contributed by atoms with Crippen molar-refractivity contribution in [2.24, 2.45) is 23.2 Å². The first-order valence-corrected chi connectivity index (χ1v) is 15.2. The second kappa shape index (κ2) is 9.17. The van der Waals surface area contributed by atoms with Gasteiger partial charge in [-0.25, -0.2) is 0 Å². The van der Waals surface area contributed by atoms with Crippen LogP contribution in [0.25, 0.3) is 0 Å². The van der Waals surface area contributed by atoms with Crippen LogP contribution in [0.4, 0.5) is 0 Å². The minimum absolute atomic E-state index is 0.00876. The molecule has 3 unspecified atom stereocenters. The van der Waals surface area contributed by atoms with Gasteiger partial charge in [0.05, 0.1) is 17.5 Å². The third kappa shape index (κ3) is 5.74. The maximum atomic E-state index is 12.5. The Bertz CT molecular complexity index is 795. The number of rotatable bonds is 8. The lowest BCUT2D eigenvalue weighted by Gasteiger charge is -2.54. The van der Waals surface area contributed by atoms with Crippen molar-refractivity contribution in [3.63, 3.8) is 0 Å². The van der Waals surface area contributed by atoms with E-state index < -0.39 is 9.93 Å². The Hall–Kier alpha value is -0.870. The standard InChI is InChI=1S/C27H46O3S/c1-8-9-10-11-14-26(2,3)20-16-23(28)25-21-15-19(18-31(6,7)29)12-13-22(21)27(4,5)30-24(25)17-20/h12,16-17,21-22,24-25,28,31H,8-11,13-15,18H2,1-7H3/t21?,22?,24?,25-/m1/s1. The molecule has 0 spiro atoms. The van der Waals surface area contributed by atoms with Crippen LogP contribution in [0.5, 0.6) is 0 Å². The Labute approximate surface area is 191 Å². The molecule has 2 aliphatic carbocycles. The van der Waals surface area contributed by atoms with Gasteiger partial charge in [0.25, 0.3) is 0 Å². The molecule has 1 aliphatic heterocycles. The zero-order chi connectivity index (χ0) is 23.0. The van der Waals surface area contributed by atoms with Crippen LogP contribution in [0.15, 0.2) is 35.1 Å². The first-order valence-electron chi connectivity index (χ1n) is 12.4. The van der Waals surface area contributed by atoms with Gasteiger partial charge in [-0.05, 0) is 74.5 Å². The van der Waals surface area contributed by atoms with Crippen LogP contribution in [0, 0.1) is 23.2 Å². The summed E-state index contributed by atoms with van der Waals surface area (Å²) in [5.41, 5.74) is 2.33. The van der Waals surface area contributed by atoms with Crippen molar-refractivity contribution in [3.8, 4) is 0 Å². The average molecular weight is 451 g/mol. The molecule has 3 aliphatic rings. The van der Waals surface area contributed by atoms with Crippen molar-refractivity contribution in [1.29, 1.82) is 0 Å². The fourth-order valence-electron chi connectivity index (χ4n) is 6.11. The van der Waals surface area contributed by atoms with Gasteiger partial charge in [-0.1, -0.05) is 64.2 Å². The molecule has 0 amide bonds. The number of fused-ring (bicyclic) bond motifs is 3. The second-order valence-electron chi connectivity index (χ2n) is 11.9. The summed E-state index contributed by atoms with van der Waals surface area (Å²) >= 11 is 0. The highest BCUT2D eigenvalue weighted by atomic mass is 32.2. The molecule has 4 heteroatoms.